The summed E-state index contributed by atoms with van der Waals surface area (Å²) in [7, 11) is 0. The van der Waals surface area contributed by atoms with Gasteiger partial charge < -0.3 is 5.73 Å². The Kier molecular flexibility index (Phi) is 3.51. The summed E-state index contributed by atoms with van der Waals surface area (Å²) in [5, 5.41) is 3.85. The van der Waals surface area contributed by atoms with Gasteiger partial charge in [0.2, 0.25) is 0 Å². The fourth-order valence-electron chi connectivity index (χ4n) is 2.58. The Hall–Kier alpha value is -1.83. The molecule has 1 aliphatic heterocycles. The summed E-state index contributed by atoms with van der Waals surface area (Å²) in [5.41, 5.74) is 5.13. The average molecular weight is 373 g/mol. The first-order chi connectivity index (χ1) is 10.3. The smallest absolute Gasteiger partial charge is 0.282 e. The molecule has 0 spiro atoms. The zero-order valence-electron chi connectivity index (χ0n) is 11.5. The highest BCUT2D eigenvalue weighted by atomic mass is 79.9. The normalized spacial score (nSPS) is 20.9. The Bertz CT molecular complexity index is 771. The number of halogens is 4. The van der Waals surface area contributed by atoms with Crippen LogP contribution in [0.15, 0.2) is 33.7 Å². The Morgan fingerprint density at radius 1 is 1.36 bits per heavy atom. The summed E-state index contributed by atoms with van der Waals surface area (Å²) in [6.45, 7) is 1.82. The van der Waals surface area contributed by atoms with E-state index in [0.29, 0.717) is 15.7 Å². The van der Waals surface area contributed by atoms with Crippen LogP contribution >= 0.6 is 15.9 Å². The summed E-state index contributed by atoms with van der Waals surface area (Å²) >= 11 is 3.29. The molecule has 22 heavy (non-hydrogen) atoms. The Labute approximate surface area is 133 Å². The molecular weight excluding hydrogens is 361 g/mol. The van der Waals surface area contributed by atoms with Crippen LogP contribution in [0.1, 0.15) is 30.3 Å². The number of benzene rings is 1. The van der Waals surface area contributed by atoms with Gasteiger partial charge in [-0.25, -0.2) is 13.2 Å². The second-order valence-corrected chi connectivity index (χ2v) is 6.22. The van der Waals surface area contributed by atoms with E-state index >= 15 is 0 Å². The van der Waals surface area contributed by atoms with Gasteiger partial charge in [-0.1, -0.05) is 15.9 Å². The number of rotatable bonds is 2. The van der Waals surface area contributed by atoms with Crippen molar-refractivity contribution in [3.63, 3.8) is 0 Å². The summed E-state index contributed by atoms with van der Waals surface area (Å²) in [5.74, 6) is -0.375. The number of aliphatic imine (C=N–C) groups is 1. The molecule has 2 aromatic rings. The van der Waals surface area contributed by atoms with Crippen LogP contribution in [0.2, 0.25) is 0 Å². The van der Waals surface area contributed by atoms with Crippen LogP contribution in [-0.2, 0) is 12.1 Å². The molecule has 1 aliphatic rings. The summed E-state index contributed by atoms with van der Waals surface area (Å²) in [6, 6.07) is 5.71. The third-order valence-electron chi connectivity index (χ3n) is 3.62. The van der Waals surface area contributed by atoms with Crippen molar-refractivity contribution in [1.29, 1.82) is 0 Å². The maximum atomic E-state index is 14.2. The maximum absolute atomic E-state index is 14.2. The molecule has 2 N–H and O–H groups in total. The lowest BCUT2D eigenvalue weighted by atomic mass is 9.91. The van der Waals surface area contributed by atoms with E-state index in [9.17, 15) is 13.2 Å². The first kappa shape index (κ1) is 15.1. The molecule has 0 bridgehead atoms. The van der Waals surface area contributed by atoms with Crippen LogP contribution in [0.5, 0.6) is 0 Å². The highest BCUT2D eigenvalue weighted by Gasteiger charge is 2.36. The zero-order chi connectivity index (χ0) is 16.1. The number of hydrogen-bond acceptors (Lipinski definition) is 3. The third-order valence-corrected chi connectivity index (χ3v) is 4.11. The topological polar surface area (TPSA) is 56.2 Å². The number of hydrogen-bond donors (Lipinski definition) is 1. The molecule has 0 amide bonds. The van der Waals surface area contributed by atoms with Crippen molar-refractivity contribution in [3.8, 4) is 0 Å². The first-order valence-corrected chi connectivity index (χ1v) is 7.26. The summed E-state index contributed by atoms with van der Waals surface area (Å²) in [4.78, 5) is 4.33. The maximum Gasteiger partial charge on any atom is 0.282 e. The van der Waals surface area contributed by atoms with Crippen LogP contribution in [0, 0.1) is 5.82 Å². The predicted octanol–water partition coefficient (Wildman–Crippen LogP) is 3.36. The molecule has 0 aliphatic carbocycles. The van der Waals surface area contributed by atoms with E-state index in [1.54, 1.807) is 19.1 Å². The van der Waals surface area contributed by atoms with E-state index < -0.39 is 17.8 Å². The second-order valence-electron chi connectivity index (χ2n) is 5.31. The minimum absolute atomic E-state index is 0.0625. The number of nitrogens with two attached hydrogens (primary N) is 1. The average Bonchev–Trinajstić information content (AvgIpc) is 2.85. The van der Waals surface area contributed by atoms with Gasteiger partial charge in [0.05, 0.1) is 6.54 Å². The lowest BCUT2D eigenvalue weighted by Gasteiger charge is -2.31. The monoisotopic (exact) mass is 372 g/mol. The fourth-order valence-corrected chi connectivity index (χ4v) is 2.94. The van der Waals surface area contributed by atoms with Gasteiger partial charge in [-0.3, -0.25) is 9.67 Å². The van der Waals surface area contributed by atoms with Gasteiger partial charge >= 0.3 is 0 Å². The van der Waals surface area contributed by atoms with E-state index in [4.69, 9.17) is 5.73 Å². The molecule has 0 fully saturated rings. The highest BCUT2D eigenvalue weighted by Crippen LogP contribution is 2.35. The predicted molar refractivity (Wildman–Crippen MR) is 79.4 cm³/mol. The fraction of sp³-hybridized carbons (Fsp3) is 0.286. The van der Waals surface area contributed by atoms with Gasteiger partial charge in [0, 0.05) is 10.0 Å². The van der Waals surface area contributed by atoms with Crippen molar-refractivity contribution >= 4 is 21.8 Å². The van der Waals surface area contributed by atoms with Gasteiger partial charge in [-0.15, -0.1) is 0 Å². The van der Waals surface area contributed by atoms with E-state index in [-0.39, 0.29) is 18.1 Å². The highest BCUT2D eigenvalue weighted by molar-refractivity contribution is 9.10. The molecular formula is C14H12BrF3N4. The Morgan fingerprint density at radius 2 is 2.09 bits per heavy atom. The molecule has 0 radical (unpaired) electrons. The van der Waals surface area contributed by atoms with E-state index in [2.05, 4.69) is 26.0 Å². The third kappa shape index (κ3) is 2.41. The van der Waals surface area contributed by atoms with Gasteiger partial charge in [-0.05, 0) is 31.2 Å². The number of aromatic nitrogens is 2. The molecule has 8 heteroatoms. The molecule has 1 aromatic heterocycles. The Morgan fingerprint density at radius 3 is 2.77 bits per heavy atom. The molecule has 0 saturated heterocycles. The molecule has 116 valence electrons. The lowest BCUT2D eigenvalue weighted by Crippen LogP contribution is -2.37. The molecule has 2 heterocycles. The largest absolute Gasteiger partial charge is 0.382 e. The molecule has 1 atom stereocenters. The van der Waals surface area contributed by atoms with Crippen molar-refractivity contribution in [1.82, 2.24) is 9.78 Å². The van der Waals surface area contributed by atoms with Gasteiger partial charge in [0.1, 0.15) is 28.6 Å². The van der Waals surface area contributed by atoms with Crippen LogP contribution in [0.25, 0.3) is 0 Å². The van der Waals surface area contributed by atoms with Gasteiger partial charge in [-0.2, -0.15) is 5.10 Å². The molecule has 1 aromatic carbocycles. The number of alkyl halides is 2. The Balaban J connectivity index is 2.10. The van der Waals surface area contributed by atoms with Crippen molar-refractivity contribution in [2.24, 2.45) is 10.7 Å². The SMILES string of the molecule is C[C@@]1(c2cc(Br)ccc2F)Cn2nc(C(F)F)cc2C(N)=N1. The first-order valence-electron chi connectivity index (χ1n) is 6.47. The zero-order valence-corrected chi connectivity index (χ0v) is 13.1. The van der Waals surface area contributed by atoms with Crippen molar-refractivity contribution in [2.45, 2.75) is 25.4 Å². The van der Waals surface area contributed by atoms with E-state index in [1.807, 2.05) is 0 Å². The number of amidine groups is 1. The molecule has 0 saturated carbocycles. The van der Waals surface area contributed by atoms with Crippen molar-refractivity contribution in [3.05, 3.63) is 51.5 Å². The van der Waals surface area contributed by atoms with Crippen LogP contribution < -0.4 is 5.73 Å². The standard InChI is InChI=1S/C14H12BrF3N4/c1-14(8-4-7(15)2-3-9(8)16)6-22-11(13(19)20-14)5-10(21-22)12(17)18/h2-5,12H,6H2,1H3,(H2,19,20)/t14-/m0/s1. The lowest BCUT2D eigenvalue weighted by molar-refractivity contribution is 0.144. The molecule has 3 rings (SSSR count). The quantitative estimate of drug-likeness (QED) is 0.878. The second kappa shape index (κ2) is 5.12. The minimum Gasteiger partial charge on any atom is -0.382 e. The number of fused-ring (bicyclic) bond motifs is 1. The molecule has 0 unspecified atom stereocenters. The van der Waals surface area contributed by atoms with Gasteiger partial charge in [0.25, 0.3) is 6.43 Å². The van der Waals surface area contributed by atoms with Crippen molar-refractivity contribution in [2.75, 3.05) is 0 Å². The minimum atomic E-state index is -2.69. The van der Waals surface area contributed by atoms with Crippen molar-refractivity contribution < 1.29 is 13.2 Å². The summed E-state index contributed by atoms with van der Waals surface area (Å²) < 4.78 is 41.8. The van der Waals surface area contributed by atoms with Crippen LogP contribution in [0.3, 0.4) is 0 Å². The van der Waals surface area contributed by atoms with E-state index in [0.717, 1.165) is 0 Å². The summed E-state index contributed by atoms with van der Waals surface area (Å²) in [6.07, 6.45) is -2.69. The van der Waals surface area contributed by atoms with E-state index in [1.165, 1.54) is 16.8 Å². The van der Waals surface area contributed by atoms with Crippen LogP contribution in [0.4, 0.5) is 13.2 Å². The van der Waals surface area contributed by atoms with Gasteiger partial charge in [0.15, 0.2) is 0 Å². The number of nitrogens with zero attached hydrogens (tertiary/aromatic N) is 3. The molecule has 4 nitrogen and oxygen atoms in total. The van der Waals surface area contributed by atoms with Crippen LogP contribution in [-0.4, -0.2) is 15.6 Å².